The highest BCUT2D eigenvalue weighted by Crippen LogP contribution is 2.23. The first kappa shape index (κ1) is 18.1. The van der Waals surface area contributed by atoms with Gasteiger partial charge in [0.05, 0.1) is 12.3 Å². The van der Waals surface area contributed by atoms with Crippen molar-refractivity contribution in [1.82, 2.24) is 4.90 Å². The molecule has 122 valence electrons. The fourth-order valence-corrected chi connectivity index (χ4v) is 2.16. The van der Waals surface area contributed by atoms with Gasteiger partial charge in [0, 0.05) is 19.2 Å². The summed E-state index contributed by atoms with van der Waals surface area (Å²) in [6.45, 7) is 8.45. The van der Waals surface area contributed by atoms with E-state index in [4.69, 9.17) is 10.5 Å². The molecule has 1 amide bonds. The van der Waals surface area contributed by atoms with Crippen LogP contribution in [0.1, 0.15) is 45.6 Å². The van der Waals surface area contributed by atoms with Crippen molar-refractivity contribution >= 4 is 17.7 Å². The Balaban J connectivity index is 2.72. The zero-order valence-corrected chi connectivity index (χ0v) is 14.0. The van der Waals surface area contributed by atoms with Gasteiger partial charge >= 0.3 is 0 Å². The van der Waals surface area contributed by atoms with Crippen LogP contribution in [0.4, 0.5) is 5.69 Å². The normalized spacial score (nSPS) is 10.9. The highest BCUT2D eigenvalue weighted by Gasteiger charge is 2.08. The van der Waals surface area contributed by atoms with E-state index in [2.05, 4.69) is 20.8 Å². The van der Waals surface area contributed by atoms with E-state index in [0.29, 0.717) is 18.0 Å². The van der Waals surface area contributed by atoms with E-state index < -0.39 is 0 Å². The predicted octanol–water partition coefficient (Wildman–Crippen LogP) is 3.72. The molecular formula is C18H28N2O2. The number of nitrogens with zero attached hydrogens (tertiary/aromatic N) is 1. The molecule has 0 atom stereocenters. The highest BCUT2D eigenvalue weighted by atomic mass is 16.5. The molecule has 2 N–H and O–H groups in total. The molecule has 4 nitrogen and oxygen atoms in total. The summed E-state index contributed by atoms with van der Waals surface area (Å²) in [5, 5.41) is 0. The van der Waals surface area contributed by atoms with Gasteiger partial charge in [0.1, 0.15) is 5.75 Å². The van der Waals surface area contributed by atoms with Gasteiger partial charge in [0.2, 0.25) is 5.91 Å². The molecule has 0 fully saturated rings. The molecule has 0 heterocycles. The Hall–Kier alpha value is -1.97. The number of hydrogen-bond donors (Lipinski definition) is 1. The minimum absolute atomic E-state index is 0.0496. The lowest BCUT2D eigenvalue weighted by molar-refractivity contribution is -0.126. The minimum Gasteiger partial charge on any atom is -0.491 e. The van der Waals surface area contributed by atoms with Crippen LogP contribution in [-0.2, 0) is 4.79 Å². The van der Waals surface area contributed by atoms with Gasteiger partial charge in [-0.3, -0.25) is 4.79 Å². The predicted molar refractivity (Wildman–Crippen MR) is 92.8 cm³/mol. The lowest BCUT2D eigenvalue weighted by Gasteiger charge is -2.19. The Morgan fingerprint density at radius 1 is 1.18 bits per heavy atom. The summed E-state index contributed by atoms with van der Waals surface area (Å²) in [6.07, 6.45) is 6.31. The molecule has 0 saturated carbocycles. The van der Waals surface area contributed by atoms with E-state index in [1.165, 1.54) is 0 Å². The third-order valence-corrected chi connectivity index (χ3v) is 3.21. The van der Waals surface area contributed by atoms with E-state index in [-0.39, 0.29) is 5.91 Å². The molecule has 0 aromatic heterocycles. The molecule has 4 heteroatoms. The van der Waals surface area contributed by atoms with Gasteiger partial charge in [0.15, 0.2) is 0 Å². The topological polar surface area (TPSA) is 55.6 Å². The van der Waals surface area contributed by atoms with Gasteiger partial charge in [-0.1, -0.05) is 26.8 Å². The maximum Gasteiger partial charge on any atom is 0.246 e. The van der Waals surface area contributed by atoms with Crippen molar-refractivity contribution < 1.29 is 9.53 Å². The van der Waals surface area contributed by atoms with Crippen LogP contribution in [0, 0.1) is 0 Å². The van der Waals surface area contributed by atoms with Crippen LogP contribution < -0.4 is 10.5 Å². The van der Waals surface area contributed by atoms with Crippen molar-refractivity contribution in [1.29, 1.82) is 0 Å². The summed E-state index contributed by atoms with van der Waals surface area (Å²) in [4.78, 5) is 14.0. The van der Waals surface area contributed by atoms with Crippen LogP contribution in [0.15, 0.2) is 24.3 Å². The Morgan fingerprint density at radius 3 is 2.41 bits per heavy atom. The van der Waals surface area contributed by atoms with Crippen LogP contribution in [0.2, 0.25) is 0 Å². The minimum atomic E-state index is 0.0496. The quantitative estimate of drug-likeness (QED) is 0.559. The van der Waals surface area contributed by atoms with E-state index >= 15 is 0 Å². The molecule has 1 aromatic rings. The summed E-state index contributed by atoms with van der Waals surface area (Å²) < 4.78 is 5.54. The third-order valence-electron chi connectivity index (χ3n) is 3.21. The summed E-state index contributed by atoms with van der Waals surface area (Å²) in [7, 11) is 0. The maximum atomic E-state index is 12.2. The van der Waals surface area contributed by atoms with Crippen molar-refractivity contribution in [3.05, 3.63) is 29.8 Å². The van der Waals surface area contributed by atoms with E-state index in [0.717, 1.165) is 37.9 Å². The summed E-state index contributed by atoms with van der Waals surface area (Å²) >= 11 is 0. The monoisotopic (exact) mass is 304 g/mol. The van der Waals surface area contributed by atoms with E-state index in [9.17, 15) is 4.79 Å². The zero-order chi connectivity index (χ0) is 16.4. The molecular weight excluding hydrogens is 276 g/mol. The molecule has 0 aliphatic heterocycles. The van der Waals surface area contributed by atoms with Gasteiger partial charge < -0.3 is 15.4 Å². The summed E-state index contributed by atoms with van der Waals surface area (Å²) in [6, 6.07) is 5.60. The molecule has 0 aliphatic carbocycles. The molecule has 0 aliphatic rings. The van der Waals surface area contributed by atoms with Crippen LogP contribution in [0.5, 0.6) is 5.75 Å². The smallest absolute Gasteiger partial charge is 0.246 e. The second kappa shape index (κ2) is 9.87. The number of amides is 1. The number of nitrogens with two attached hydrogens (primary N) is 1. The number of hydrogen-bond acceptors (Lipinski definition) is 3. The fourth-order valence-electron chi connectivity index (χ4n) is 2.16. The lowest BCUT2D eigenvalue weighted by atomic mass is 10.1. The first-order valence-electron chi connectivity index (χ1n) is 8.11. The molecule has 0 radical (unpaired) electrons. The highest BCUT2D eigenvalue weighted by molar-refractivity contribution is 5.92. The number of rotatable bonds is 9. The molecule has 0 bridgehead atoms. The van der Waals surface area contributed by atoms with Crippen molar-refractivity contribution in [3.63, 3.8) is 0 Å². The van der Waals surface area contributed by atoms with Crippen LogP contribution in [0.25, 0.3) is 6.08 Å². The number of ether oxygens (including phenoxy) is 1. The average Bonchev–Trinajstić information content (AvgIpc) is 2.51. The van der Waals surface area contributed by atoms with E-state index in [1.807, 2.05) is 23.1 Å². The van der Waals surface area contributed by atoms with Crippen molar-refractivity contribution in [2.24, 2.45) is 0 Å². The first-order chi connectivity index (χ1) is 10.6. The number of nitrogen functional groups attached to an aromatic ring is 1. The standard InChI is InChI=1S/C18H28N2O2/c1-4-11-20(12-5-2)18(21)10-8-15-7-9-17(16(19)14-15)22-13-6-3/h7-10,14H,4-6,11-13,19H2,1-3H3/b10-8-. The lowest BCUT2D eigenvalue weighted by Crippen LogP contribution is -2.30. The molecule has 0 unspecified atom stereocenters. The zero-order valence-electron chi connectivity index (χ0n) is 14.0. The molecule has 1 rings (SSSR count). The average molecular weight is 304 g/mol. The second-order valence-corrected chi connectivity index (χ2v) is 5.30. The van der Waals surface area contributed by atoms with Gasteiger partial charge in [-0.25, -0.2) is 0 Å². The van der Waals surface area contributed by atoms with Gasteiger partial charge in [-0.2, -0.15) is 0 Å². The Kier molecular flexibility index (Phi) is 8.11. The molecule has 0 saturated heterocycles. The summed E-state index contributed by atoms with van der Waals surface area (Å²) in [5.41, 5.74) is 7.47. The molecule has 1 aromatic carbocycles. The number of benzene rings is 1. The Labute approximate surface area is 133 Å². The van der Waals surface area contributed by atoms with Crippen LogP contribution in [0.3, 0.4) is 0 Å². The number of carbonyl (C=O) groups is 1. The van der Waals surface area contributed by atoms with Crippen molar-refractivity contribution in [2.45, 2.75) is 40.0 Å². The van der Waals surface area contributed by atoms with Crippen molar-refractivity contribution in [2.75, 3.05) is 25.4 Å². The second-order valence-electron chi connectivity index (χ2n) is 5.30. The number of carbonyl (C=O) groups excluding carboxylic acids is 1. The fraction of sp³-hybridized carbons (Fsp3) is 0.500. The maximum absolute atomic E-state index is 12.2. The van der Waals surface area contributed by atoms with Crippen LogP contribution in [-0.4, -0.2) is 30.5 Å². The van der Waals surface area contributed by atoms with Crippen molar-refractivity contribution in [3.8, 4) is 5.75 Å². The first-order valence-corrected chi connectivity index (χ1v) is 8.11. The molecule has 0 spiro atoms. The third kappa shape index (κ3) is 5.80. The molecule has 22 heavy (non-hydrogen) atoms. The van der Waals surface area contributed by atoms with Crippen LogP contribution >= 0.6 is 0 Å². The summed E-state index contributed by atoms with van der Waals surface area (Å²) in [5.74, 6) is 0.748. The largest absolute Gasteiger partial charge is 0.491 e. The van der Waals surface area contributed by atoms with Gasteiger partial charge in [0.25, 0.3) is 0 Å². The van der Waals surface area contributed by atoms with E-state index in [1.54, 1.807) is 12.2 Å². The van der Waals surface area contributed by atoms with Gasteiger partial charge in [-0.15, -0.1) is 0 Å². The Bertz CT molecular complexity index is 492. The van der Waals surface area contributed by atoms with Gasteiger partial charge in [-0.05, 0) is 43.0 Å². The number of anilines is 1. The SMILES string of the molecule is CCCOc1ccc(/C=C\C(=O)N(CCC)CCC)cc1N. The Morgan fingerprint density at radius 2 is 1.86 bits per heavy atom.